The molecule has 0 aromatic heterocycles. The minimum Gasteiger partial charge on any atom is -0.323 e. The molecule has 1 aliphatic heterocycles. The average molecular weight is 209 g/mol. The molecule has 0 aliphatic carbocycles. The van der Waals surface area contributed by atoms with Gasteiger partial charge in [-0.2, -0.15) is 5.26 Å². The number of rotatable bonds is 2. The first-order valence-corrected chi connectivity index (χ1v) is 5.31. The normalized spacial score (nSPS) is 25.7. The van der Waals surface area contributed by atoms with Gasteiger partial charge in [0.25, 0.3) is 0 Å². The van der Waals surface area contributed by atoms with Crippen LogP contribution in [0, 0.1) is 11.3 Å². The highest BCUT2D eigenvalue weighted by atomic mass is 16.2. The molecule has 1 heterocycles. The molecule has 2 atom stereocenters. The Labute approximate surface area is 91.2 Å². The number of nitrogens with zero attached hydrogens (tertiary/aromatic N) is 2. The van der Waals surface area contributed by atoms with Crippen molar-refractivity contribution < 1.29 is 4.79 Å². The minimum absolute atomic E-state index is 0.0234. The van der Waals surface area contributed by atoms with Crippen LogP contribution in [-0.4, -0.2) is 35.0 Å². The first-order chi connectivity index (χ1) is 6.85. The Hall–Kier alpha value is -1.08. The largest absolute Gasteiger partial charge is 0.323 e. The molecule has 1 N–H and O–H groups in total. The highest BCUT2D eigenvalue weighted by Crippen LogP contribution is 2.24. The lowest BCUT2D eigenvalue weighted by molar-refractivity contribution is -0.140. The Balaban J connectivity index is 2.44. The Bertz CT molecular complexity index is 287. The maximum Gasteiger partial charge on any atom is 0.237 e. The van der Waals surface area contributed by atoms with Crippen molar-refractivity contribution in [3.8, 4) is 6.07 Å². The zero-order valence-electron chi connectivity index (χ0n) is 9.87. The molecular formula is C11H19N3O. The Morgan fingerprint density at radius 2 is 2.20 bits per heavy atom. The topological polar surface area (TPSA) is 56.1 Å². The molecular weight excluding hydrogens is 190 g/mol. The van der Waals surface area contributed by atoms with E-state index in [1.165, 1.54) is 0 Å². The molecule has 15 heavy (non-hydrogen) atoms. The van der Waals surface area contributed by atoms with Crippen LogP contribution in [0.25, 0.3) is 0 Å². The molecule has 0 aromatic carbocycles. The first kappa shape index (κ1) is 12.0. The molecule has 0 spiro atoms. The second kappa shape index (κ2) is 4.19. The minimum atomic E-state index is -0.214. The average Bonchev–Trinajstić information content (AvgIpc) is 2.09. The van der Waals surface area contributed by atoms with Crippen LogP contribution < -0.4 is 5.32 Å². The highest BCUT2D eigenvalue weighted by molar-refractivity contribution is 5.80. The molecule has 1 rings (SSSR count). The van der Waals surface area contributed by atoms with Crippen molar-refractivity contribution in [1.82, 2.24) is 10.2 Å². The van der Waals surface area contributed by atoms with Gasteiger partial charge in [0, 0.05) is 18.0 Å². The molecule has 1 saturated heterocycles. The molecule has 1 amide bonds. The van der Waals surface area contributed by atoms with Crippen LogP contribution >= 0.6 is 0 Å². The summed E-state index contributed by atoms with van der Waals surface area (Å²) in [7, 11) is 0. The molecule has 1 aliphatic rings. The smallest absolute Gasteiger partial charge is 0.237 e. The summed E-state index contributed by atoms with van der Waals surface area (Å²) in [6.07, 6.45) is 0.803. The molecule has 0 saturated carbocycles. The van der Waals surface area contributed by atoms with E-state index >= 15 is 0 Å². The summed E-state index contributed by atoms with van der Waals surface area (Å²) in [5.74, 6) is 0.0234. The summed E-state index contributed by atoms with van der Waals surface area (Å²) < 4.78 is 0. The van der Waals surface area contributed by atoms with E-state index in [9.17, 15) is 4.79 Å². The van der Waals surface area contributed by atoms with E-state index in [-0.39, 0.29) is 23.5 Å². The van der Waals surface area contributed by atoms with Gasteiger partial charge in [-0.1, -0.05) is 0 Å². The van der Waals surface area contributed by atoms with Crippen LogP contribution in [0.3, 0.4) is 0 Å². The van der Waals surface area contributed by atoms with Crippen LogP contribution in [0.5, 0.6) is 0 Å². The van der Waals surface area contributed by atoms with Crippen LogP contribution in [-0.2, 0) is 4.79 Å². The number of hydrogen-bond acceptors (Lipinski definition) is 3. The van der Waals surface area contributed by atoms with E-state index in [0.717, 1.165) is 6.42 Å². The lowest BCUT2D eigenvalue weighted by atomic mass is 9.95. The van der Waals surface area contributed by atoms with Crippen LogP contribution in [0.15, 0.2) is 0 Å². The Kier molecular flexibility index (Phi) is 3.35. The van der Waals surface area contributed by atoms with Gasteiger partial charge in [0.15, 0.2) is 0 Å². The molecule has 1 fully saturated rings. The number of carbonyl (C=O) groups excluding carboxylic acids is 1. The van der Waals surface area contributed by atoms with Gasteiger partial charge >= 0.3 is 0 Å². The fourth-order valence-corrected chi connectivity index (χ4v) is 1.69. The van der Waals surface area contributed by atoms with E-state index in [2.05, 4.69) is 11.4 Å². The van der Waals surface area contributed by atoms with Gasteiger partial charge in [-0.15, -0.1) is 0 Å². The lowest BCUT2D eigenvalue weighted by Crippen LogP contribution is -2.59. The number of hydrogen-bond donors (Lipinski definition) is 1. The van der Waals surface area contributed by atoms with E-state index in [0.29, 0.717) is 6.54 Å². The van der Waals surface area contributed by atoms with Crippen LogP contribution in [0.1, 0.15) is 34.1 Å². The zero-order valence-corrected chi connectivity index (χ0v) is 9.87. The number of carbonyl (C=O) groups is 1. The Morgan fingerprint density at radius 1 is 1.60 bits per heavy atom. The molecule has 84 valence electrons. The number of nitrogens with one attached hydrogen (secondary N) is 1. The van der Waals surface area contributed by atoms with E-state index in [4.69, 9.17) is 5.26 Å². The van der Waals surface area contributed by atoms with Gasteiger partial charge < -0.3 is 10.2 Å². The quantitative estimate of drug-likeness (QED) is 0.734. The van der Waals surface area contributed by atoms with Gasteiger partial charge in [0.05, 0.1) is 12.6 Å². The molecule has 0 aromatic rings. The first-order valence-electron chi connectivity index (χ1n) is 5.31. The zero-order chi connectivity index (χ0) is 11.6. The van der Waals surface area contributed by atoms with Gasteiger partial charge in [0.2, 0.25) is 5.91 Å². The standard InChI is InChI=1S/C11H19N3O/c1-8-5-9(6-12)14(8)10(15)7-13-11(2,3)4/h8-9,13H,5,7H2,1-4H3. The third-order valence-corrected chi connectivity index (χ3v) is 2.58. The number of nitriles is 1. The van der Waals surface area contributed by atoms with Crippen molar-refractivity contribution in [3.05, 3.63) is 0 Å². The van der Waals surface area contributed by atoms with E-state index in [1.54, 1.807) is 4.90 Å². The van der Waals surface area contributed by atoms with Gasteiger partial charge in [-0.25, -0.2) is 0 Å². The maximum absolute atomic E-state index is 11.8. The third kappa shape index (κ3) is 2.93. The van der Waals surface area contributed by atoms with Crippen molar-refractivity contribution in [2.24, 2.45) is 0 Å². The summed E-state index contributed by atoms with van der Waals surface area (Å²) in [5, 5.41) is 11.9. The molecule has 0 bridgehead atoms. The number of likely N-dealkylation sites (tertiary alicyclic amines) is 1. The van der Waals surface area contributed by atoms with E-state index < -0.39 is 0 Å². The van der Waals surface area contributed by atoms with Gasteiger partial charge in [-0.05, 0) is 27.7 Å². The monoisotopic (exact) mass is 209 g/mol. The van der Waals surface area contributed by atoms with E-state index in [1.807, 2.05) is 27.7 Å². The summed E-state index contributed by atoms with van der Waals surface area (Å²) in [4.78, 5) is 13.4. The predicted molar refractivity (Wildman–Crippen MR) is 58.1 cm³/mol. The molecule has 4 nitrogen and oxygen atoms in total. The maximum atomic E-state index is 11.8. The van der Waals surface area contributed by atoms with Crippen molar-refractivity contribution in [3.63, 3.8) is 0 Å². The number of amides is 1. The molecule has 2 unspecified atom stereocenters. The fraction of sp³-hybridized carbons (Fsp3) is 0.818. The third-order valence-electron chi connectivity index (χ3n) is 2.58. The van der Waals surface area contributed by atoms with Crippen molar-refractivity contribution in [1.29, 1.82) is 5.26 Å². The molecule has 4 heteroatoms. The van der Waals surface area contributed by atoms with Gasteiger partial charge in [-0.3, -0.25) is 4.79 Å². The van der Waals surface area contributed by atoms with Crippen molar-refractivity contribution in [2.75, 3.05) is 6.54 Å². The lowest BCUT2D eigenvalue weighted by Gasteiger charge is -2.43. The summed E-state index contributed by atoms with van der Waals surface area (Å²) >= 11 is 0. The SMILES string of the molecule is CC1CC(C#N)N1C(=O)CNC(C)(C)C. The Morgan fingerprint density at radius 3 is 2.60 bits per heavy atom. The van der Waals surface area contributed by atoms with Crippen molar-refractivity contribution >= 4 is 5.91 Å². The van der Waals surface area contributed by atoms with Gasteiger partial charge in [0.1, 0.15) is 6.04 Å². The highest BCUT2D eigenvalue weighted by Gasteiger charge is 2.38. The molecule has 0 radical (unpaired) electrons. The van der Waals surface area contributed by atoms with Crippen LogP contribution in [0.4, 0.5) is 0 Å². The fourth-order valence-electron chi connectivity index (χ4n) is 1.69. The second-order valence-corrected chi connectivity index (χ2v) is 5.13. The second-order valence-electron chi connectivity index (χ2n) is 5.13. The summed E-state index contributed by atoms with van der Waals surface area (Å²) in [6.45, 7) is 8.33. The van der Waals surface area contributed by atoms with Crippen molar-refractivity contribution in [2.45, 2.75) is 51.7 Å². The summed E-state index contributed by atoms with van der Waals surface area (Å²) in [6, 6.07) is 2.14. The predicted octanol–water partition coefficient (Wildman–Crippen LogP) is 0.887. The van der Waals surface area contributed by atoms with Crippen LogP contribution in [0.2, 0.25) is 0 Å². The summed E-state index contributed by atoms with van der Waals surface area (Å²) in [5.41, 5.74) is -0.0636.